The minimum Gasteiger partial charge on any atom is -0.308 e. The van der Waals surface area contributed by atoms with Gasteiger partial charge >= 0.3 is 0 Å². The maximum Gasteiger partial charge on any atom is 0.261 e. The fourth-order valence-corrected chi connectivity index (χ4v) is 2.94. The van der Waals surface area contributed by atoms with Crippen LogP contribution in [0, 0.1) is 18.7 Å². The summed E-state index contributed by atoms with van der Waals surface area (Å²) < 4.78 is 14.0. The summed E-state index contributed by atoms with van der Waals surface area (Å²) in [4.78, 5) is 14.5. The molecule has 0 aliphatic carbocycles. The summed E-state index contributed by atoms with van der Waals surface area (Å²) in [6.07, 6.45) is 0.955. The molecule has 21 heavy (non-hydrogen) atoms. The number of halogens is 1. The second-order valence-corrected chi connectivity index (χ2v) is 5.84. The Kier molecular flexibility index (Phi) is 3.50. The van der Waals surface area contributed by atoms with Gasteiger partial charge in [0.15, 0.2) is 0 Å². The number of para-hydroxylation sites is 1. The van der Waals surface area contributed by atoms with Gasteiger partial charge in [0, 0.05) is 12.2 Å². The van der Waals surface area contributed by atoms with Crippen molar-refractivity contribution in [3.8, 4) is 0 Å². The van der Waals surface area contributed by atoms with E-state index in [-0.39, 0.29) is 11.5 Å². The predicted octanol–water partition coefficient (Wildman–Crippen LogP) is 3.97. The van der Waals surface area contributed by atoms with E-state index < -0.39 is 5.82 Å². The van der Waals surface area contributed by atoms with Gasteiger partial charge < -0.3 is 4.90 Å². The van der Waals surface area contributed by atoms with Gasteiger partial charge in [-0.2, -0.15) is 0 Å². The number of anilines is 1. The third-order valence-electron chi connectivity index (χ3n) is 3.94. The molecule has 0 N–H and O–H groups in total. The Morgan fingerprint density at radius 3 is 2.81 bits per heavy atom. The summed E-state index contributed by atoms with van der Waals surface area (Å²) in [5.74, 6) is -0.340. The molecule has 0 bridgehead atoms. The first-order chi connectivity index (χ1) is 10.1. The minimum absolute atomic E-state index is 0.152. The Morgan fingerprint density at radius 2 is 2.00 bits per heavy atom. The normalized spacial score (nSPS) is 17.5. The van der Waals surface area contributed by atoms with E-state index in [4.69, 9.17) is 0 Å². The maximum atomic E-state index is 14.0. The number of hydrogen-bond donors (Lipinski definition) is 0. The van der Waals surface area contributed by atoms with Gasteiger partial charge in [-0.1, -0.05) is 36.8 Å². The van der Waals surface area contributed by atoms with Crippen LogP contribution in [-0.4, -0.2) is 12.5 Å². The summed E-state index contributed by atoms with van der Waals surface area (Å²) in [6.45, 7) is 4.61. The van der Waals surface area contributed by atoms with Crippen LogP contribution in [0.2, 0.25) is 0 Å². The molecule has 1 aliphatic heterocycles. The lowest BCUT2D eigenvalue weighted by atomic mass is 9.93. The van der Waals surface area contributed by atoms with Crippen molar-refractivity contribution in [1.82, 2.24) is 0 Å². The molecule has 1 aliphatic rings. The summed E-state index contributed by atoms with van der Waals surface area (Å²) in [7, 11) is 0. The third-order valence-corrected chi connectivity index (χ3v) is 3.94. The van der Waals surface area contributed by atoms with Gasteiger partial charge in [0.2, 0.25) is 0 Å². The molecule has 1 atom stereocenters. The molecular formula is C18H18FNO. The summed E-state index contributed by atoms with van der Waals surface area (Å²) in [5, 5.41) is 0. The lowest BCUT2D eigenvalue weighted by Gasteiger charge is -2.33. The lowest BCUT2D eigenvalue weighted by Crippen LogP contribution is -2.39. The molecule has 1 amide bonds. The molecule has 108 valence electrons. The zero-order chi connectivity index (χ0) is 15.0. The second-order valence-electron chi connectivity index (χ2n) is 5.84. The van der Waals surface area contributed by atoms with Crippen molar-refractivity contribution in [3.63, 3.8) is 0 Å². The molecule has 0 fully saturated rings. The number of aryl methyl sites for hydroxylation is 1. The van der Waals surface area contributed by atoms with Crippen LogP contribution in [0.3, 0.4) is 0 Å². The zero-order valence-electron chi connectivity index (χ0n) is 12.3. The van der Waals surface area contributed by atoms with E-state index >= 15 is 0 Å². The highest BCUT2D eigenvalue weighted by atomic mass is 19.1. The Balaban J connectivity index is 2.04. The summed E-state index contributed by atoms with van der Waals surface area (Å²) in [6, 6.07) is 12.5. The van der Waals surface area contributed by atoms with Crippen LogP contribution >= 0.6 is 0 Å². The number of amides is 1. The highest BCUT2D eigenvalue weighted by Gasteiger charge is 2.28. The summed E-state index contributed by atoms with van der Waals surface area (Å²) in [5.41, 5.74) is 3.09. The largest absolute Gasteiger partial charge is 0.308 e. The van der Waals surface area contributed by atoms with Crippen molar-refractivity contribution in [3.05, 3.63) is 65.0 Å². The molecule has 0 radical (unpaired) electrons. The zero-order valence-corrected chi connectivity index (χ0v) is 12.3. The van der Waals surface area contributed by atoms with E-state index in [1.807, 2.05) is 31.2 Å². The van der Waals surface area contributed by atoms with Gasteiger partial charge in [-0.15, -0.1) is 0 Å². The fourth-order valence-electron chi connectivity index (χ4n) is 2.94. The van der Waals surface area contributed by atoms with Crippen LogP contribution < -0.4 is 4.90 Å². The number of benzene rings is 2. The molecule has 2 nitrogen and oxygen atoms in total. The van der Waals surface area contributed by atoms with Gasteiger partial charge in [-0.25, -0.2) is 4.39 Å². The van der Waals surface area contributed by atoms with E-state index in [1.165, 1.54) is 6.07 Å². The molecule has 0 saturated heterocycles. The average molecular weight is 283 g/mol. The van der Waals surface area contributed by atoms with Gasteiger partial charge in [-0.3, -0.25) is 4.79 Å². The molecule has 3 rings (SSSR count). The number of carbonyl (C=O) groups is 1. The molecule has 2 aromatic carbocycles. The van der Waals surface area contributed by atoms with Crippen molar-refractivity contribution in [2.75, 3.05) is 11.4 Å². The summed E-state index contributed by atoms with van der Waals surface area (Å²) >= 11 is 0. The standard InChI is InChI=1S/C18H18FNO/c1-12-7-8-16(19)15(10-12)18(21)20-11-13(2)9-14-5-3-4-6-17(14)20/h3-8,10,13H,9,11H2,1-2H3. The van der Waals surface area contributed by atoms with E-state index in [9.17, 15) is 9.18 Å². The lowest BCUT2D eigenvalue weighted by molar-refractivity contribution is 0.0977. The van der Waals surface area contributed by atoms with Crippen LogP contribution in [0.4, 0.5) is 10.1 Å². The molecule has 3 heteroatoms. The van der Waals surface area contributed by atoms with Crippen LogP contribution in [0.1, 0.15) is 28.4 Å². The van der Waals surface area contributed by atoms with Crippen molar-refractivity contribution < 1.29 is 9.18 Å². The van der Waals surface area contributed by atoms with Crippen LogP contribution in [0.25, 0.3) is 0 Å². The van der Waals surface area contributed by atoms with E-state index in [0.717, 1.165) is 23.2 Å². The van der Waals surface area contributed by atoms with Gasteiger partial charge in [-0.05, 0) is 43.0 Å². The molecule has 1 unspecified atom stereocenters. The van der Waals surface area contributed by atoms with Gasteiger partial charge in [0.25, 0.3) is 5.91 Å². The SMILES string of the molecule is Cc1ccc(F)c(C(=O)N2CC(C)Cc3ccccc32)c1. The fraction of sp³-hybridized carbons (Fsp3) is 0.278. The smallest absolute Gasteiger partial charge is 0.261 e. The Morgan fingerprint density at radius 1 is 1.24 bits per heavy atom. The first kappa shape index (κ1) is 13.8. The van der Waals surface area contributed by atoms with Crippen molar-refractivity contribution >= 4 is 11.6 Å². The average Bonchev–Trinajstić information content (AvgIpc) is 2.48. The number of carbonyl (C=O) groups excluding carboxylic acids is 1. The van der Waals surface area contributed by atoms with Crippen molar-refractivity contribution in [2.24, 2.45) is 5.92 Å². The van der Waals surface area contributed by atoms with E-state index in [2.05, 4.69) is 6.92 Å². The molecule has 0 saturated carbocycles. The third kappa shape index (κ3) is 2.56. The number of rotatable bonds is 1. The maximum absolute atomic E-state index is 14.0. The van der Waals surface area contributed by atoms with E-state index in [0.29, 0.717) is 12.5 Å². The molecule has 1 heterocycles. The molecule has 0 spiro atoms. The highest BCUT2D eigenvalue weighted by molar-refractivity contribution is 6.07. The second kappa shape index (κ2) is 5.32. The number of nitrogens with zero attached hydrogens (tertiary/aromatic N) is 1. The van der Waals surface area contributed by atoms with Crippen LogP contribution in [0.5, 0.6) is 0 Å². The number of hydrogen-bond acceptors (Lipinski definition) is 1. The molecule has 2 aromatic rings. The van der Waals surface area contributed by atoms with E-state index in [1.54, 1.807) is 17.0 Å². The minimum atomic E-state index is -0.457. The highest BCUT2D eigenvalue weighted by Crippen LogP contribution is 2.31. The number of fused-ring (bicyclic) bond motifs is 1. The Labute approximate surface area is 124 Å². The quantitative estimate of drug-likeness (QED) is 0.775. The Bertz CT molecular complexity index is 695. The van der Waals surface area contributed by atoms with Crippen LogP contribution in [-0.2, 0) is 6.42 Å². The van der Waals surface area contributed by atoms with Crippen LogP contribution in [0.15, 0.2) is 42.5 Å². The first-order valence-electron chi connectivity index (χ1n) is 7.22. The predicted molar refractivity (Wildman–Crippen MR) is 82.1 cm³/mol. The van der Waals surface area contributed by atoms with Gasteiger partial charge in [0.05, 0.1) is 5.56 Å². The first-order valence-corrected chi connectivity index (χ1v) is 7.22. The molecule has 0 aromatic heterocycles. The van der Waals surface area contributed by atoms with Gasteiger partial charge in [0.1, 0.15) is 5.82 Å². The van der Waals surface area contributed by atoms with Crippen molar-refractivity contribution in [2.45, 2.75) is 20.3 Å². The topological polar surface area (TPSA) is 20.3 Å². The Hall–Kier alpha value is -2.16. The monoisotopic (exact) mass is 283 g/mol. The molecular weight excluding hydrogens is 265 g/mol. The van der Waals surface area contributed by atoms with Crippen molar-refractivity contribution in [1.29, 1.82) is 0 Å².